The van der Waals surface area contributed by atoms with Crippen LogP contribution in [-0.2, 0) is 4.79 Å². The fourth-order valence-electron chi connectivity index (χ4n) is 1.99. The lowest BCUT2D eigenvalue weighted by molar-refractivity contribution is -0.127. The van der Waals surface area contributed by atoms with Crippen LogP contribution in [0.2, 0.25) is 5.02 Å². The largest absolute Gasteiger partial charge is 0.508 e. The first-order valence-corrected chi connectivity index (χ1v) is 8.10. The van der Waals surface area contributed by atoms with E-state index < -0.39 is 6.10 Å². The fourth-order valence-corrected chi connectivity index (χ4v) is 2.12. The number of hydrogen-bond donors (Lipinski definition) is 3. The Hall–Kier alpha value is -2.73. The Kier molecular flexibility index (Phi) is 6.65. The molecule has 2 aromatic rings. The number of hydrogen-bond acceptors (Lipinski definition) is 4. The smallest absolute Gasteiger partial charge is 0.260 e. The summed E-state index contributed by atoms with van der Waals surface area (Å²) in [6.45, 7) is 2.19. The molecule has 0 radical (unpaired) electrons. The van der Waals surface area contributed by atoms with Gasteiger partial charge in [0.2, 0.25) is 0 Å². The molecule has 0 aliphatic rings. The minimum atomic E-state index is -0.698. The highest BCUT2D eigenvalue weighted by Crippen LogP contribution is 2.17. The number of nitrogens with one attached hydrogen (secondary N) is 2. The van der Waals surface area contributed by atoms with E-state index in [4.69, 9.17) is 16.3 Å². The first-order valence-electron chi connectivity index (χ1n) is 7.73. The Balaban J connectivity index is 1.69. The zero-order chi connectivity index (χ0) is 18.2. The minimum absolute atomic E-state index is 0.126. The van der Waals surface area contributed by atoms with Gasteiger partial charge in [0, 0.05) is 23.7 Å². The molecule has 0 fully saturated rings. The molecule has 2 amide bonds. The third-order valence-corrected chi connectivity index (χ3v) is 3.59. The van der Waals surface area contributed by atoms with Gasteiger partial charge in [0.1, 0.15) is 11.5 Å². The summed E-state index contributed by atoms with van der Waals surface area (Å²) in [4.78, 5) is 23.8. The van der Waals surface area contributed by atoms with Crippen molar-refractivity contribution >= 4 is 23.4 Å². The molecule has 6 nitrogen and oxygen atoms in total. The summed E-state index contributed by atoms with van der Waals surface area (Å²) in [5.74, 6) is 0.0745. The van der Waals surface area contributed by atoms with E-state index in [0.29, 0.717) is 22.9 Å². The minimum Gasteiger partial charge on any atom is -0.508 e. The summed E-state index contributed by atoms with van der Waals surface area (Å²) in [6, 6.07) is 12.6. The third kappa shape index (κ3) is 6.00. The summed E-state index contributed by atoms with van der Waals surface area (Å²) in [6.07, 6.45) is -0.698. The maximum Gasteiger partial charge on any atom is 0.260 e. The molecule has 0 spiro atoms. The highest BCUT2D eigenvalue weighted by atomic mass is 35.5. The molecule has 0 saturated heterocycles. The highest BCUT2D eigenvalue weighted by molar-refractivity contribution is 6.30. The molecule has 3 N–H and O–H groups in total. The quantitative estimate of drug-likeness (QED) is 0.660. The lowest BCUT2D eigenvalue weighted by Crippen LogP contribution is -2.40. The van der Waals surface area contributed by atoms with Gasteiger partial charge in [0.05, 0.1) is 0 Å². The molecular weight excluding hydrogens is 344 g/mol. The van der Waals surface area contributed by atoms with Gasteiger partial charge < -0.3 is 20.5 Å². The second kappa shape index (κ2) is 8.94. The number of aromatic hydroxyl groups is 1. The molecule has 0 aromatic heterocycles. The normalized spacial score (nSPS) is 11.4. The molecule has 0 aliphatic heterocycles. The maximum absolute atomic E-state index is 12.0. The van der Waals surface area contributed by atoms with Gasteiger partial charge in [0.15, 0.2) is 6.10 Å². The molecule has 132 valence electrons. The summed E-state index contributed by atoms with van der Waals surface area (Å²) in [5.41, 5.74) is 0.500. The average Bonchev–Trinajstić information content (AvgIpc) is 2.60. The van der Waals surface area contributed by atoms with Crippen LogP contribution in [0.15, 0.2) is 48.5 Å². The van der Waals surface area contributed by atoms with Gasteiger partial charge in [-0.05, 0) is 55.5 Å². The van der Waals surface area contributed by atoms with Crippen LogP contribution in [0.5, 0.6) is 11.5 Å². The predicted molar refractivity (Wildman–Crippen MR) is 95.0 cm³/mol. The van der Waals surface area contributed by atoms with E-state index in [1.54, 1.807) is 43.3 Å². The lowest BCUT2D eigenvalue weighted by Gasteiger charge is -2.15. The zero-order valence-electron chi connectivity index (χ0n) is 13.7. The molecular formula is C18H19ClN2O4. The van der Waals surface area contributed by atoms with Crippen molar-refractivity contribution in [1.82, 2.24) is 10.6 Å². The number of carbonyl (C=O) groups excluding carboxylic acids is 2. The van der Waals surface area contributed by atoms with Crippen molar-refractivity contribution in [2.75, 3.05) is 13.1 Å². The van der Waals surface area contributed by atoms with Crippen LogP contribution in [0.25, 0.3) is 0 Å². The van der Waals surface area contributed by atoms with Crippen molar-refractivity contribution in [3.8, 4) is 11.5 Å². The fraction of sp³-hybridized carbons (Fsp3) is 0.222. The summed E-state index contributed by atoms with van der Waals surface area (Å²) in [7, 11) is 0. The molecule has 1 atom stereocenters. The molecule has 0 aliphatic carbocycles. The SMILES string of the molecule is CC(Oc1ccc(O)cc1)C(=O)NCCNC(=O)c1ccc(Cl)cc1. The first kappa shape index (κ1) is 18.6. The van der Waals surface area contributed by atoms with E-state index in [1.165, 1.54) is 12.1 Å². The number of phenolic OH excluding ortho intramolecular Hbond substituents is 1. The van der Waals surface area contributed by atoms with Crippen LogP contribution in [0.4, 0.5) is 0 Å². The second-order valence-electron chi connectivity index (χ2n) is 5.31. The Labute approximate surface area is 150 Å². The standard InChI is InChI=1S/C18H19ClN2O4/c1-12(25-16-8-6-15(22)7-9-16)17(23)20-10-11-21-18(24)13-2-4-14(19)5-3-13/h2-9,12,22H,10-11H2,1H3,(H,20,23)(H,21,24). The van der Waals surface area contributed by atoms with Crippen LogP contribution < -0.4 is 15.4 Å². The summed E-state index contributed by atoms with van der Waals surface area (Å²) >= 11 is 5.77. The average molecular weight is 363 g/mol. The van der Waals surface area contributed by atoms with Gasteiger partial charge in [-0.15, -0.1) is 0 Å². The van der Waals surface area contributed by atoms with Crippen molar-refractivity contribution in [2.45, 2.75) is 13.0 Å². The van der Waals surface area contributed by atoms with Gasteiger partial charge in [-0.2, -0.15) is 0 Å². The van der Waals surface area contributed by atoms with Gasteiger partial charge in [-0.1, -0.05) is 11.6 Å². The molecule has 25 heavy (non-hydrogen) atoms. The van der Waals surface area contributed by atoms with Gasteiger partial charge in [0.25, 0.3) is 11.8 Å². The van der Waals surface area contributed by atoms with E-state index in [2.05, 4.69) is 10.6 Å². The number of phenols is 1. The highest BCUT2D eigenvalue weighted by Gasteiger charge is 2.14. The van der Waals surface area contributed by atoms with E-state index in [0.717, 1.165) is 0 Å². The zero-order valence-corrected chi connectivity index (χ0v) is 14.4. The summed E-state index contributed by atoms with van der Waals surface area (Å²) in [5, 5.41) is 15.2. The third-order valence-electron chi connectivity index (χ3n) is 3.34. The maximum atomic E-state index is 12.0. The predicted octanol–water partition coefficient (Wildman–Crippen LogP) is 2.36. The van der Waals surface area contributed by atoms with Crippen LogP contribution in [-0.4, -0.2) is 36.1 Å². The van der Waals surface area contributed by atoms with Crippen molar-refractivity contribution in [3.63, 3.8) is 0 Å². The van der Waals surface area contributed by atoms with Crippen LogP contribution in [0.3, 0.4) is 0 Å². The Bertz CT molecular complexity index is 717. The molecule has 7 heteroatoms. The van der Waals surface area contributed by atoms with Crippen LogP contribution in [0, 0.1) is 0 Å². The number of halogens is 1. The Morgan fingerprint density at radius 2 is 1.64 bits per heavy atom. The number of benzene rings is 2. The second-order valence-corrected chi connectivity index (χ2v) is 5.74. The molecule has 0 bridgehead atoms. The van der Waals surface area contributed by atoms with Crippen LogP contribution >= 0.6 is 11.6 Å². The van der Waals surface area contributed by atoms with Crippen molar-refractivity contribution in [1.29, 1.82) is 0 Å². The topological polar surface area (TPSA) is 87.7 Å². The Morgan fingerprint density at radius 1 is 1.04 bits per heavy atom. The molecule has 0 heterocycles. The number of ether oxygens (including phenoxy) is 1. The van der Waals surface area contributed by atoms with Gasteiger partial charge in [-0.3, -0.25) is 9.59 Å². The van der Waals surface area contributed by atoms with E-state index in [-0.39, 0.29) is 24.1 Å². The van der Waals surface area contributed by atoms with Crippen molar-refractivity contribution in [2.24, 2.45) is 0 Å². The van der Waals surface area contributed by atoms with E-state index in [1.807, 2.05) is 0 Å². The number of carbonyl (C=O) groups is 2. The van der Waals surface area contributed by atoms with Crippen molar-refractivity contribution in [3.05, 3.63) is 59.1 Å². The first-order chi connectivity index (χ1) is 12.0. The van der Waals surface area contributed by atoms with Gasteiger partial charge >= 0.3 is 0 Å². The molecule has 0 saturated carbocycles. The number of amides is 2. The summed E-state index contributed by atoms with van der Waals surface area (Å²) < 4.78 is 5.47. The van der Waals surface area contributed by atoms with E-state index >= 15 is 0 Å². The van der Waals surface area contributed by atoms with Crippen molar-refractivity contribution < 1.29 is 19.4 Å². The monoisotopic (exact) mass is 362 g/mol. The molecule has 2 rings (SSSR count). The van der Waals surface area contributed by atoms with E-state index in [9.17, 15) is 14.7 Å². The van der Waals surface area contributed by atoms with Gasteiger partial charge in [-0.25, -0.2) is 0 Å². The van der Waals surface area contributed by atoms with Crippen LogP contribution in [0.1, 0.15) is 17.3 Å². The lowest BCUT2D eigenvalue weighted by atomic mass is 10.2. The molecule has 2 aromatic carbocycles. The Morgan fingerprint density at radius 3 is 2.28 bits per heavy atom. The number of rotatable bonds is 7. The molecule has 1 unspecified atom stereocenters.